The van der Waals surface area contributed by atoms with E-state index in [1.807, 2.05) is 0 Å². The van der Waals surface area contributed by atoms with E-state index in [9.17, 15) is 79.0 Å². The summed E-state index contributed by atoms with van der Waals surface area (Å²) < 4.78 is 251. The van der Waals surface area contributed by atoms with Gasteiger partial charge in [0.15, 0.2) is 23.3 Å². The summed E-state index contributed by atoms with van der Waals surface area (Å²) in [4.78, 5) is 0. The van der Waals surface area contributed by atoms with Gasteiger partial charge in [0.2, 0.25) is 69.5 Å². The van der Waals surface area contributed by atoms with Crippen LogP contribution in [-0.2, 0) is 12.4 Å². The molecule has 218 valence electrons. The van der Waals surface area contributed by atoms with Gasteiger partial charge in [0.25, 0.3) is 0 Å². The summed E-state index contributed by atoms with van der Waals surface area (Å²) in [7, 11) is 0. The third kappa shape index (κ3) is 4.78. The molecule has 0 amide bonds. The second-order valence-corrected chi connectivity index (χ2v) is 7.03. The van der Waals surface area contributed by atoms with Crippen LogP contribution in [0.15, 0.2) is 0 Å². The molecule has 20 heteroatoms. The van der Waals surface area contributed by atoms with Crippen molar-refractivity contribution in [2.24, 2.45) is 0 Å². The largest absolute Gasteiger partial charge is 0.444 e. The molecule has 3 rings (SSSR count). The van der Waals surface area contributed by atoms with E-state index in [1.165, 1.54) is 0 Å². The summed E-state index contributed by atoms with van der Waals surface area (Å²) in [6.07, 6.45) is -12.2. The number of alkyl halides is 6. The lowest BCUT2D eigenvalue weighted by Crippen LogP contribution is -2.16. The van der Waals surface area contributed by atoms with Crippen molar-refractivity contribution in [1.29, 1.82) is 0 Å². The number of hydrogen-bond acceptors (Lipinski definition) is 2. The van der Waals surface area contributed by atoms with Crippen molar-refractivity contribution >= 4 is 0 Å². The molecule has 40 heavy (non-hydrogen) atoms. The second-order valence-electron chi connectivity index (χ2n) is 7.03. The zero-order chi connectivity index (χ0) is 30.8. The van der Waals surface area contributed by atoms with Crippen LogP contribution in [0.5, 0.6) is 23.0 Å². The van der Waals surface area contributed by atoms with Gasteiger partial charge in [-0.15, -0.1) is 0 Å². The van der Waals surface area contributed by atoms with Gasteiger partial charge in [-0.1, -0.05) is 0 Å². The molecule has 0 spiro atoms. The maximum absolute atomic E-state index is 14.7. The van der Waals surface area contributed by atoms with E-state index in [0.29, 0.717) is 0 Å². The van der Waals surface area contributed by atoms with Crippen molar-refractivity contribution in [2.75, 3.05) is 0 Å². The van der Waals surface area contributed by atoms with Gasteiger partial charge in [0.1, 0.15) is 11.1 Å². The van der Waals surface area contributed by atoms with E-state index >= 15 is 0 Å². The lowest BCUT2D eigenvalue weighted by molar-refractivity contribution is -0.144. The number of benzene rings is 3. The molecular weight excluding hydrogens is 614 g/mol. The highest BCUT2D eigenvalue weighted by molar-refractivity contribution is 5.47. The summed E-state index contributed by atoms with van der Waals surface area (Å²) in [6.45, 7) is 0. The average Bonchev–Trinajstić information content (AvgIpc) is 2.83. The zero-order valence-corrected chi connectivity index (χ0v) is 17.6. The fourth-order valence-corrected chi connectivity index (χ4v) is 2.87. The van der Waals surface area contributed by atoms with Gasteiger partial charge in [-0.2, -0.15) is 57.1 Å². The first kappa shape index (κ1) is 30.5. The highest BCUT2D eigenvalue weighted by atomic mass is 19.4. The number of rotatable bonds is 4. The van der Waals surface area contributed by atoms with E-state index in [-0.39, 0.29) is 0 Å². The molecule has 0 radical (unpaired) electrons. The summed E-state index contributed by atoms with van der Waals surface area (Å²) in [5.41, 5.74) is -6.44. The first-order chi connectivity index (χ1) is 18.1. The standard InChI is InChI=1S/C20F18O2/c21-3-1(19(33,34)35)4(22)9(27)15(8(3)26)39-17-12(30)7(25)13(31)18(14(17)32)40-16-10(28)5(23)2(20(36,37)38)6(24)11(16)29. The molecule has 0 aliphatic heterocycles. The Balaban J connectivity index is 2.26. The molecular formula is C20F18O2. The molecule has 0 heterocycles. The van der Waals surface area contributed by atoms with Crippen molar-refractivity contribution in [3.05, 3.63) is 80.9 Å². The Kier molecular flexibility index (Phi) is 7.54. The normalized spacial score (nSPS) is 12.2. The van der Waals surface area contributed by atoms with Gasteiger partial charge in [-0.05, 0) is 0 Å². The lowest BCUT2D eigenvalue weighted by atomic mass is 10.1. The second kappa shape index (κ2) is 9.88. The Morgan fingerprint density at radius 1 is 0.275 bits per heavy atom. The number of halogens is 18. The zero-order valence-electron chi connectivity index (χ0n) is 17.6. The minimum Gasteiger partial charge on any atom is -0.444 e. The fourth-order valence-electron chi connectivity index (χ4n) is 2.87. The predicted octanol–water partition coefficient (Wildman–Crippen LogP) is 8.98. The van der Waals surface area contributed by atoms with Crippen molar-refractivity contribution in [3.63, 3.8) is 0 Å². The summed E-state index contributed by atoms with van der Waals surface area (Å²) in [6, 6.07) is 0. The molecule has 0 bridgehead atoms. The molecule has 0 aliphatic rings. The van der Waals surface area contributed by atoms with Crippen molar-refractivity contribution in [1.82, 2.24) is 0 Å². The van der Waals surface area contributed by atoms with Crippen molar-refractivity contribution in [3.8, 4) is 23.0 Å². The third-order valence-corrected chi connectivity index (χ3v) is 4.60. The topological polar surface area (TPSA) is 18.5 Å². The molecule has 0 N–H and O–H groups in total. The van der Waals surface area contributed by atoms with E-state index in [2.05, 4.69) is 9.47 Å². The maximum atomic E-state index is 14.7. The molecule has 0 unspecified atom stereocenters. The summed E-state index contributed by atoms with van der Waals surface area (Å²) in [5.74, 6) is -49.0. The molecule has 0 saturated heterocycles. The monoisotopic (exact) mass is 614 g/mol. The molecule has 0 atom stereocenters. The van der Waals surface area contributed by atoms with Gasteiger partial charge in [-0.3, -0.25) is 0 Å². The highest BCUT2D eigenvalue weighted by Crippen LogP contribution is 2.46. The van der Waals surface area contributed by atoms with E-state index < -0.39 is 116 Å². The third-order valence-electron chi connectivity index (χ3n) is 4.60. The SMILES string of the molecule is Fc1c(F)c(Oc2c(F)c(F)c(C(F)(F)F)c(F)c2F)c(F)c(Oc2c(F)c(F)c(C(F)(F)F)c(F)c2F)c1F. The van der Waals surface area contributed by atoms with Crippen molar-refractivity contribution in [2.45, 2.75) is 12.4 Å². The minimum absolute atomic E-state index is 2.75. The first-order valence-electron chi connectivity index (χ1n) is 9.22. The molecule has 0 fully saturated rings. The quantitative estimate of drug-likeness (QED) is 0.166. The van der Waals surface area contributed by atoms with Crippen LogP contribution in [0, 0.1) is 69.8 Å². The Labute approximate surface area is 205 Å². The maximum Gasteiger partial charge on any atom is 0.422 e. The van der Waals surface area contributed by atoms with Gasteiger partial charge in [0.05, 0.1) is 0 Å². The van der Waals surface area contributed by atoms with Gasteiger partial charge < -0.3 is 9.47 Å². The predicted molar refractivity (Wildman–Crippen MR) is 89.0 cm³/mol. The first-order valence-corrected chi connectivity index (χ1v) is 9.22. The minimum atomic E-state index is -6.12. The van der Waals surface area contributed by atoms with Gasteiger partial charge in [0, 0.05) is 0 Å². The number of hydrogen-bond donors (Lipinski definition) is 0. The van der Waals surface area contributed by atoms with Crippen LogP contribution in [0.25, 0.3) is 0 Å². The highest BCUT2D eigenvalue weighted by Gasteiger charge is 2.45. The smallest absolute Gasteiger partial charge is 0.422 e. The van der Waals surface area contributed by atoms with Crippen LogP contribution in [0.2, 0.25) is 0 Å². The van der Waals surface area contributed by atoms with Crippen LogP contribution in [0.4, 0.5) is 79.0 Å². The molecule has 2 nitrogen and oxygen atoms in total. The summed E-state index contributed by atoms with van der Waals surface area (Å²) in [5, 5.41) is 0. The Morgan fingerprint density at radius 3 is 0.700 bits per heavy atom. The molecule has 3 aromatic carbocycles. The molecule has 3 aromatic rings. The van der Waals surface area contributed by atoms with Crippen molar-refractivity contribution < 1.29 is 88.5 Å². The molecule has 0 aliphatic carbocycles. The lowest BCUT2D eigenvalue weighted by Gasteiger charge is -2.18. The van der Waals surface area contributed by atoms with E-state index in [0.717, 1.165) is 0 Å². The van der Waals surface area contributed by atoms with Crippen LogP contribution < -0.4 is 9.47 Å². The van der Waals surface area contributed by atoms with Gasteiger partial charge >= 0.3 is 12.4 Å². The van der Waals surface area contributed by atoms with Crippen LogP contribution in [0.1, 0.15) is 11.1 Å². The van der Waals surface area contributed by atoms with E-state index in [4.69, 9.17) is 0 Å². The summed E-state index contributed by atoms with van der Waals surface area (Å²) >= 11 is 0. The van der Waals surface area contributed by atoms with E-state index in [1.54, 1.807) is 0 Å². The van der Waals surface area contributed by atoms with Crippen LogP contribution >= 0.6 is 0 Å². The fraction of sp³-hybridized carbons (Fsp3) is 0.100. The number of ether oxygens (including phenoxy) is 2. The average molecular weight is 614 g/mol. The Bertz CT molecular complexity index is 1370. The molecule has 0 saturated carbocycles. The Morgan fingerprint density at radius 2 is 0.475 bits per heavy atom. The molecule has 0 aromatic heterocycles. The van der Waals surface area contributed by atoms with Crippen LogP contribution in [0.3, 0.4) is 0 Å². The Hall–Kier alpha value is -4.00. The van der Waals surface area contributed by atoms with Gasteiger partial charge in [-0.25, -0.2) is 22.0 Å². The van der Waals surface area contributed by atoms with Crippen LogP contribution in [-0.4, -0.2) is 0 Å².